The number of thiophene rings is 1. The zero-order chi connectivity index (χ0) is 14.7. The summed E-state index contributed by atoms with van der Waals surface area (Å²) in [6, 6.07) is 11.3. The van der Waals surface area contributed by atoms with Crippen molar-refractivity contribution >= 4 is 11.3 Å². The van der Waals surface area contributed by atoms with E-state index in [-0.39, 0.29) is 6.04 Å². The number of fused-ring (bicyclic) bond motifs is 1. The fourth-order valence-electron chi connectivity index (χ4n) is 3.10. The number of rotatable bonds is 5. The molecule has 2 N–H and O–H groups in total. The molecule has 0 bridgehead atoms. The Kier molecular flexibility index (Phi) is 4.77. The van der Waals surface area contributed by atoms with Gasteiger partial charge in [0.15, 0.2) is 0 Å². The van der Waals surface area contributed by atoms with E-state index in [9.17, 15) is 0 Å². The summed E-state index contributed by atoms with van der Waals surface area (Å²) in [4.78, 5) is 2.91. The molecule has 0 fully saturated rings. The van der Waals surface area contributed by atoms with E-state index >= 15 is 0 Å². The third kappa shape index (κ3) is 3.38. The molecule has 0 aliphatic heterocycles. The molecule has 3 rings (SSSR count). The quantitative estimate of drug-likeness (QED) is 0.824. The van der Waals surface area contributed by atoms with Gasteiger partial charge in [0.25, 0.3) is 0 Å². The van der Waals surface area contributed by atoms with Crippen molar-refractivity contribution in [2.45, 2.75) is 57.9 Å². The van der Waals surface area contributed by atoms with E-state index in [1.807, 2.05) is 11.3 Å². The van der Waals surface area contributed by atoms with Crippen LogP contribution in [-0.4, -0.2) is 0 Å². The Balaban J connectivity index is 1.75. The molecule has 1 nitrogen and oxygen atoms in total. The van der Waals surface area contributed by atoms with Gasteiger partial charge >= 0.3 is 0 Å². The van der Waals surface area contributed by atoms with Crippen LogP contribution in [0.15, 0.2) is 30.3 Å². The number of unbranched alkanes of at least 4 members (excludes halogenated alkanes) is 1. The Morgan fingerprint density at radius 1 is 1.14 bits per heavy atom. The van der Waals surface area contributed by atoms with Crippen LogP contribution in [0.3, 0.4) is 0 Å². The van der Waals surface area contributed by atoms with Gasteiger partial charge in [0.1, 0.15) is 0 Å². The first-order chi connectivity index (χ1) is 10.3. The second-order valence-corrected chi connectivity index (χ2v) is 7.30. The highest BCUT2D eigenvalue weighted by atomic mass is 32.1. The molecule has 1 heterocycles. The second kappa shape index (κ2) is 6.76. The molecule has 2 heteroatoms. The van der Waals surface area contributed by atoms with Gasteiger partial charge in [-0.25, -0.2) is 0 Å². The predicted octanol–water partition coefficient (Wildman–Crippen LogP) is 5.02. The van der Waals surface area contributed by atoms with Crippen LogP contribution in [-0.2, 0) is 19.3 Å². The van der Waals surface area contributed by atoms with E-state index in [0.29, 0.717) is 0 Å². The normalized spacial score (nSPS) is 15.7. The molecule has 1 atom stereocenters. The summed E-state index contributed by atoms with van der Waals surface area (Å²) in [6.45, 7) is 2.24. The molecule has 0 spiro atoms. The first kappa shape index (κ1) is 14.8. The van der Waals surface area contributed by atoms with Crippen LogP contribution in [0.4, 0.5) is 0 Å². The zero-order valence-corrected chi connectivity index (χ0v) is 13.7. The van der Waals surface area contributed by atoms with Crippen LogP contribution >= 0.6 is 11.3 Å². The first-order valence-electron chi connectivity index (χ1n) is 8.24. The monoisotopic (exact) mass is 299 g/mol. The van der Waals surface area contributed by atoms with E-state index in [4.69, 9.17) is 5.73 Å². The number of benzene rings is 1. The van der Waals surface area contributed by atoms with Crippen LogP contribution in [0.25, 0.3) is 0 Å². The van der Waals surface area contributed by atoms with Crippen molar-refractivity contribution in [3.05, 3.63) is 56.8 Å². The molecule has 1 aromatic carbocycles. The fourth-order valence-corrected chi connectivity index (χ4v) is 4.39. The predicted molar refractivity (Wildman–Crippen MR) is 92.0 cm³/mol. The lowest BCUT2D eigenvalue weighted by Gasteiger charge is -2.11. The molecular weight excluding hydrogens is 274 g/mol. The number of nitrogens with two attached hydrogens (primary N) is 1. The minimum absolute atomic E-state index is 0.0424. The number of hydrogen-bond acceptors (Lipinski definition) is 2. The topological polar surface area (TPSA) is 26.0 Å². The van der Waals surface area contributed by atoms with Crippen molar-refractivity contribution < 1.29 is 0 Å². The van der Waals surface area contributed by atoms with Crippen molar-refractivity contribution in [1.29, 1.82) is 0 Å². The lowest BCUT2D eigenvalue weighted by atomic mass is 9.97. The highest BCUT2D eigenvalue weighted by Crippen LogP contribution is 2.34. The van der Waals surface area contributed by atoms with Crippen molar-refractivity contribution in [2.24, 2.45) is 5.73 Å². The molecule has 21 heavy (non-hydrogen) atoms. The van der Waals surface area contributed by atoms with Gasteiger partial charge in [0.2, 0.25) is 0 Å². The molecule has 1 aliphatic rings. The second-order valence-electron chi connectivity index (χ2n) is 6.13. The molecule has 0 radical (unpaired) electrons. The Bertz CT molecular complexity index is 559. The number of hydrogen-bond donors (Lipinski definition) is 1. The third-order valence-corrected chi connectivity index (χ3v) is 5.80. The Hall–Kier alpha value is -1.12. The Morgan fingerprint density at radius 2 is 1.90 bits per heavy atom. The Labute approximate surface area is 132 Å². The zero-order valence-electron chi connectivity index (χ0n) is 12.9. The van der Waals surface area contributed by atoms with Crippen molar-refractivity contribution in [2.75, 3.05) is 0 Å². The summed E-state index contributed by atoms with van der Waals surface area (Å²) in [6.07, 6.45) is 8.88. The van der Waals surface area contributed by atoms with Gasteiger partial charge in [-0.1, -0.05) is 37.6 Å². The van der Waals surface area contributed by atoms with Crippen LogP contribution in [0, 0.1) is 0 Å². The van der Waals surface area contributed by atoms with E-state index in [2.05, 4.69) is 37.3 Å². The molecule has 1 aliphatic carbocycles. The molecule has 1 unspecified atom stereocenters. The lowest BCUT2D eigenvalue weighted by molar-refractivity contribution is 0.696. The van der Waals surface area contributed by atoms with E-state index in [0.717, 1.165) is 0 Å². The van der Waals surface area contributed by atoms with Gasteiger partial charge in [-0.05, 0) is 61.3 Å². The summed E-state index contributed by atoms with van der Waals surface area (Å²) in [5.74, 6) is 0. The maximum atomic E-state index is 6.49. The van der Waals surface area contributed by atoms with Gasteiger partial charge in [-0.2, -0.15) is 0 Å². The minimum Gasteiger partial charge on any atom is -0.320 e. The molecule has 112 valence electrons. The maximum absolute atomic E-state index is 6.49. The summed E-state index contributed by atoms with van der Waals surface area (Å²) >= 11 is 1.93. The van der Waals surface area contributed by atoms with Crippen LogP contribution in [0.5, 0.6) is 0 Å². The smallest absolute Gasteiger partial charge is 0.0646 e. The number of aryl methyl sites for hydroxylation is 3. The van der Waals surface area contributed by atoms with Crippen LogP contribution in [0.1, 0.15) is 65.1 Å². The summed E-state index contributed by atoms with van der Waals surface area (Å²) in [5, 5.41) is 0. The maximum Gasteiger partial charge on any atom is 0.0646 e. The van der Waals surface area contributed by atoms with Gasteiger partial charge in [0, 0.05) is 9.75 Å². The van der Waals surface area contributed by atoms with E-state index in [1.165, 1.54) is 60.9 Å². The van der Waals surface area contributed by atoms with Gasteiger partial charge in [-0.3, -0.25) is 0 Å². The third-order valence-electron chi connectivity index (χ3n) is 4.48. The minimum atomic E-state index is 0.0424. The van der Waals surface area contributed by atoms with Crippen molar-refractivity contribution in [1.82, 2.24) is 0 Å². The van der Waals surface area contributed by atoms with Gasteiger partial charge in [0.05, 0.1) is 6.04 Å². The van der Waals surface area contributed by atoms with Crippen LogP contribution < -0.4 is 5.73 Å². The molecule has 0 amide bonds. The van der Waals surface area contributed by atoms with Crippen molar-refractivity contribution in [3.8, 4) is 0 Å². The fraction of sp³-hybridized carbons (Fsp3) is 0.474. The first-order valence-corrected chi connectivity index (χ1v) is 9.05. The SMILES string of the molecule is CCCCc1ccc(C(N)c2cc3c(s2)CCCC3)cc1. The molecular formula is C19H25NS. The summed E-state index contributed by atoms with van der Waals surface area (Å²) in [7, 11) is 0. The summed E-state index contributed by atoms with van der Waals surface area (Å²) < 4.78 is 0. The molecule has 1 aromatic heterocycles. The molecule has 0 saturated heterocycles. The standard InChI is InChI=1S/C19H25NS/c1-2-3-6-14-9-11-15(12-10-14)19(20)18-13-16-7-4-5-8-17(16)21-18/h9-13,19H,2-8,20H2,1H3. The van der Waals surface area contributed by atoms with Gasteiger partial charge < -0.3 is 5.73 Å². The molecule has 0 saturated carbocycles. The van der Waals surface area contributed by atoms with Crippen LogP contribution in [0.2, 0.25) is 0 Å². The Morgan fingerprint density at radius 3 is 2.62 bits per heavy atom. The van der Waals surface area contributed by atoms with Crippen molar-refractivity contribution in [3.63, 3.8) is 0 Å². The highest BCUT2D eigenvalue weighted by molar-refractivity contribution is 7.12. The largest absolute Gasteiger partial charge is 0.320 e. The molecule has 2 aromatic rings. The van der Waals surface area contributed by atoms with E-state index < -0.39 is 0 Å². The lowest BCUT2D eigenvalue weighted by Crippen LogP contribution is -2.10. The summed E-state index contributed by atoms with van der Waals surface area (Å²) in [5.41, 5.74) is 10.7. The highest BCUT2D eigenvalue weighted by Gasteiger charge is 2.17. The average Bonchev–Trinajstić information content (AvgIpc) is 2.96. The van der Waals surface area contributed by atoms with Gasteiger partial charge in [-0.15, -0.1) is 11.3 Å². The average molecular weight is 299 g/mol. The van der Waals surface area contributed by atoms with E-state index in [1.54, 1.807) is 10.4 Å².